The predicted molar refractivity (Wildman–Crippen MR) is 146 cm³/mol. The molecular formula is C33H22N2. The summed E-state index contributed by atoms with van der Waals surface area (Å²) in [5.74, 6) is 0. The standard InChI is InChI=1S/C33H22N2/c1-2-9-26(10-3-1)35(28-11-6-20-34-22-28)27-17-14-23(15-18-27)25-16-19-29-30-12-4-7-24-8-5-13-31(33(24)30)32(29)21-25/h1-22H. The topological polar surface area (TPSA) is 16.1 Å². The van der Waals surface area contributed by atoms with Gasteiger partial charge < -0.3 is 4.90 Å². The Bertz CT molecular complexity index is 1630. The highest BCUT2D eigenvalue weighted by molar-refractivity contribution is 6.15. The molecule has 2 heteroatoms. The molecule has 0 unspecified atom stereocenters. The van der Waals surface area contributed by atoms with Gasteiger partial charge in [-0.15, -0.1) is 0 Å². The molecule has 6 aromatic rings. The molecule has 1 heterocycles. The van der Waals surface area contributed by atoms with Gasteiger partial charge in [-0.2, -0.15) is 0 Å². The number of pyridine rings is 1. The van der Waals surface area contributed by atoms with Gasteiger partial charge in [-0.3, -0.25) is 4.98 Å². The number of para-hydroxylation sites is 1. The second-order valence-electron chi connectivity index (χ2n) is 8.90. The molecule has 0 bridgehead atoms. The van der Waals surface area contributed by atoms with Crippen LogP contribution in [0.4, 0.5) is 17.1 Å². The minimum atomic E-state index is 1.04. The minimum absolute atomic E-state index is 1.04. The largest absolute Gasteiger partial charge is 0.309 e. The summed E-state index contributed by atoms with van der Waals surface area (Å²) < 4.78 is 0. The summed E-state index contributed by atoms with van der Waals surface area (Å²) >= 11 is 0. The Morgan fingerprint density at radius 3 is 1.89 bits per heavy atom. The lowest BCUT2D eigenvalue weighted by Gasteiger charge is -2.25. The van der Waals surface area contributed by atoms with Crippen molar-refractivity contribution in [1.82, 2.24) is 4.98 Å². The maximum atomic E-state index is 4.35. The van der Waals surface area contributed by atoms with Gasteiger partial charge in [-0.05, 0) is 86.6 Å². The SMILES string of the molecule is c1ccc(N(c2ccc(-c3ccc4c(c3)-c3cccc5cccc-4c35)cc2)c2cccnc2)cc1. The average molecular weight is 447 g/mol. The Kier molecular flexibility index (Phi) is 4.49. The van der Waals surface area contributed by atoms with E-state index in [4.69, 9.17) is 0 Å². The van der Waals surface area contributed by atoms with Crippen molar-refractivity contribution in [2.75, 3.05) is 4.90 Å². The maximum absolute atomic E-state index is 4.35. The van der Waals surface area contributed by atoms with Crippen LogP contribution in [0.25, 0.3) is 44.2 Å². The monoisotopic (exact) mass is 446 g/mol. The fourth-order valence-electron chi connectivity index (χ4n) is 5.28. The molecule has 1 aromatic heterocycles. The van der Waals surface area contributed by atoms with Crippen LogP contribution in [-0.4, -0.2) is 4.98 Å². The lowest BCUT2D eigenvalue weighted by molar-refractivity contribution is 1.23. The average Bonchev–Trinajstić information content (AvgIpc) is 3.25. The number of nitrogens with zero attached hydrogens (tertiary/aromatic N) is 2. The van der Waals surface area contributed by atoms with Crippen molar-refractivity contribution in [3.63, 3.8) is 0 Å². The first-order valence-electron chi connectivity index (χ1n) is 11.9. The van der Waals surface area contributed by atoms with E-state index in [2.05, 4.69) is 119 Å². The maximum Gasteiger partial charge on any atom is 0.0644 e. The third-order valence-electron chi connectivity index (χ3n) is 6.88. The van der Waals surface area contributed by atoms with Crippen molar-refractivity contribution >= 4 is 27.8 Å². The van der Waals surface area contributed by atoms with Crippen LogP contribution < -0.4 is 4.90 Å². The van der Waals surface area contributed by atoms with Crippen LogP contribution in [0.3, 0.4) is 0 Å². The van der Waals surface area contributed by atoms with Gasteiger partial charge in [0, 0.05) is 17.6 Å². The van der Waals surface area contributed by atoms with Crippen LogP contribution >= 0.6 is 0 Å². The zero-order valence-corrected chi connectivity index (χ0v) is 19.1. The number of hydrogen-bond donors (Lipinski definition) is 0. The van der Waals surface area contributed by atoms with Crippen LogP contribution in [0.1, 0.15) is 0 Å². The molecule has 0 spiro atoms. The fourth-order valence-corrected chi connectivity index (χ4v) is 5.28. The van der Waals surface area contributed by atoms with Crippen LogP contribution in [0.15, 0.2) is 134 Å². The highest BCUT2D eigenvalue weighted by atomic mass is 15.1. The van der Waals surface area contributed by atoms with Crippen LogP contribution in [0.5, 0.6) is 0 Å². The Labute approximate surface area is 204 Å². The number of aromatic nitrogens is 1. The van der Waals surface area contributed by atoms with Crippen molar-refractivity contribution in [3.8, 4) is 33.4 Å². The molecule has 0 N–H and O–H groups in total. The molecule has 0 aliphatic heterocycles. The Balaban J connectivity index is 1.29. The van der Waals surface area contributed by atoms with E-state index >= 15 is 0 Å². The summed E-state index contributed by atoms with van der Waals surface area (Å²) in [6.07, 6.45) is 3.71. The van der Waals surface area contributed by atoms with Gasteiger partial charge in [0.25, 0.3) is 0 Å². The summed E-state index contributed by atoms with van der Waals surface area (Å²) in [6.45, 7) is 0. The molecule has 0 fully saturated rings. The molecule has 5 aromatic carbocycles. The second-order valence-corrected chi connectivity index (χ2v) is 8.90. The van der Waals surface area contributed by atoms with E-state index in [0.29, 0.717) is 0 Å². The quantitative estimate of drug-likeness (QED) is 0.268. The fraction of sp³-hybridized carbons (Fsp3) is 0. The van der Waals surface area contributed by atoms with E-state index in [1.807, 2.05) is 24.5 Å². The van der Waals surface area contributed by atoms with E-state index < -0.39 is 0 Å². The van der Waals surface area contributed by atoms with E-state index in [1.165, 1.54) is 44.2 Å². The highest BCUT2D eigenvalue weighted by Crippen LogP contribution is 2.48. The molecule has 0 amide bonds. The van der Waals surface area contributed by atoms with Crippen LogP contribution in [-0.2, 0) is 0 Å². The zero-order valence-electron chi connectivity index (χ0n) is 19.1. The molecule has 7 rings (SSSR count). The van der Waals surface area contributed by atoms with E-state index in [-0.39, 0.29) is 0 Å². The number of anilines is 3. The van der Waals surface area contributed by atoms with E-state index in [1.54, 1.807) is 0 Å². The zero-order chi connectivity index (χ0) is 23.2. The normalized spacial score (nSPS) is 11.4. The third-order valence-corrected chi connectivity index (χ3v) is 6.88. The van der Waals surface area contributed by atoms with Gasteiger partial charge in [0.15, 0.2) is 0 Å². The minimum Gasteiger partial charge on any atom is -0.309 e. The summed E-state index contributed by atoms with van der Waals surface area (Å²) in [4.78, 5) is 6.58. The van der Waals surface area contributed by atoms with Gasteiger partial charge in [-0.25, -0.2) is 0 Å². The van der Waals surface area contributed by atoms with E-state index in [9.17, 15) is 0 Å². The first-order valence-corrected chi connectivity index (χ1v) is 11.9. The Hall–Kier alpha value is -4.69. The number of rotatable bonds is 4. The van der Waals surface area contributed by atoms with Gasteiger partial charge in [0.1, 0.15) is 0 Å². The summed E-state index contributed by atoms with van der Waals surface area (Å²) in [7, 11) is 0. The van der Waals surface area contributed by atoms with Crippen LogP contribution in [0, 0.1) is 0 Å². The Morgan fingerprint density at radius 1 is 0.457 bits per heavy atom. The van der Waals surface area contributed by atoms with Gasteiger partial charge in [0.2, 0.25) is 0 Å². The molecule has 35 heavy (non-hydrogen) atoms. The van der Waals surface area contributed by atoms with Crippen LogP contribution in [0.2, 0.25) is 0 Å². The van der Waals surface area contributed by atoms with Crippen molar-refractivity contribution in [2.45, 2.75) is 0 Å². The first kappa shape index (κ1) is 19.7. The molecule has 0 saturated heterocycles. The summed E-state index contributed by atoms with van der Waals surface area (Å²) in [6, 6.07) is 43.4. The summed E-state index contributed by atoms with van der Waals surface area (Å²) in [5, 5.41) is 2.67. The number of fused-ring (bicyclic) bond motifs is 3. The van der Waals surface area contributed by atoms with Crippen molar-refractivity contribution in [1.29, 1.82) is 0 Å². The Morgan fingerprint density at radius 2 is 1.14 bits per heavy atom. The van der Waals surface area contributed by atoms with Crippen molar-refractivity contribution < 1.29 is 0 Å². The predicted octanol–water partition coefficient (Wildman–Crippen LogP) is 9.02. The van der Waals surface area contributed by atoms with Gasteiger partial charge in [-0.1, -0.05) is 78.9 Å². The van der Waals surface area contributed by atoms with Gasteiger partial charge in [0.05, 0.1) is 11.9 Å². The molecule has 164 valence electrons. The molecule has 1 aliphatic carbocycles. The van der Waals surface area contributed by atoms with Gasteiger partial charge >= 0.3 is 0 Å². The lowest BCUT2D eigenvalue weighted by atomic mass is 9.97. The molecule has 2 nitrogen and oxygen atoms in total. The van der Waals surface area contributed by atoms with Crippen molar-refractivity contribution in [2.24, 2.45) is 0 Å². The number of hydrogen-bond acceptors (Lipinski definition) is 2. The number of benzene rings is 5. The summed E-state index contributed by atoms with van der Waals surface area (Å²) in [5.41, 5.74) is 11.0. The van der Waals surface area contributed by atoms with Crippen molar-refractivity contribution in [3.05, 3.63) is 134 Å². The molecule has 0 atom stereocenters. The lowest BCUT2D eigenvalue weighted by Crippen LogP contribution is -2.09. The third kappa shape index (κ3) is 3.23. The molecule has 0 saturated carbocycles. The highest BCUT2D eigenvalue weighted by Gasteiger charge is 2.21. The first-order chi connectivity index (χ1) is 17.4. The smallest absolute Gasteiger partial charge is 0.0644 e. The van der Waals surface area contributed by atoms with E-state index in [0.717, 1.165) is 17.1 Å². The molecular weight excluding hydrogens is 424 g/mol. The molecule has 0 radical (unpaired) electrons. The second kappa shape index (κ2) is 7.96. The molecule has 1 aliphatic rings.